The van der Waals surface area contributed by atoms with Gasteiger partial charge in [-0.25, -0.2) is 4.98 Å². The molecule has 3 rings (SSSR count). The molecule has 1 aliphatic rings. The fourth-order valence-electron chi connectivity index (χ4n) is 2.07. The second-order valence-corrected chi connectivity index (χ2v) is 3.45. The van der Waals surface area contributed by atoms with Crippen LogP contribution in [0.5, 0.6) is 0 Å². The fraction of sp³-hybridized carbons (Fsp3) is 0.182. The molecule has 0 amide bonds. The van der Waals surface area contributed by atoms with Gasteiger partial charge in [0.1, 0.15) is 0 Å². The zero-order valence-electron chi connectivity index (χ0n) is 7.44. The number of nitrogens with zero attached hydrogens (tertiary/aromatic N) is 2. The molecule has 0 saturated carbocycles. The molecule has 2 heterocycles. The van der Waals surface area contributed by atoms with E-state index < -0.39 is 0 Å². The number of hydrogen-bond donors (Lipinski definition) is 0. The molecule has 0 radical (unpaired) electrons. The minimum atomic E-state index is 0.439. The second-order valence-electron chi connectivity index (χ2n) is 3.45. The Hall–Kier alpha value is -1.57. The first-order valence-corrected chi connectivity index (χ1v) is 4.49. The molecule has 2 heteroatoms. The summed E-state index contributed by atoms with van der Waals surface area (Å²) in [6, 6.07) is 8.96. The van der Waals surface area contributed by atoms with Crippen LogP contribution in [0.1, 0.15) is 18.5 Å². The number of aromatic nitrogens is 2. The molecule has 1 aromatic heterocycles. The van der Waals surface area contributed by atoms with Crippen LogP contribution in [0.25, 0.3) is 11.3 Å². The van der Waals surface area contributed by atoms with E-state index in [1.54, 1.807) is 0 Å². The Morgan fingerprint density at radius 2 is 2.15 bits per heavy atom. The molecule has 0 spiro atoms. The van der Waals surface area contributed by atoms with Crippen molar-refractivity contribution < 1.29 is 0 Å². The summed E-state index contributed by atoms with van der Waals surface area (Å²) in [5, 5.41) is 0. The van der Waals surface area contributed by atoms with E-state index in [9.17, 15) is 0 Å². The molecule has 2 aromatic rings. The summed E-state index contributed by atoms with van der Waals surface area (Å²) in [6.45, 7) is 2.21. The maximum absolute atomic E-state index is 4.16. The van der Waals surface area contributed by atoms with E-state index in [0.717, 1.165) is 0 Å². The Morgan fingerprint density at radius 1 is 1.31 bits per heavy atom. The van der Waals surface area contributed by atoms with Crippen LogP contribution in [-0.2, 0) is 0 Å². The molecule has 0 saturated heterocycles. The van der Waals surface area contributed by atoms with Crippen molar-refractivity contribution in [3.63, 3.8) is 0 Å². The lowest BCUT2D eigenvalue weighted by Gasteiger charge is -2.06. The Kier molecular flexibility index (Phi) is 1.18. The molecule has 64 valence electrons. The first-order chi connectivity index (χ1) is 6.38. The molecular weight excluding hydrogens is 160 g/mol. The number of benzene rings is 1. The molecule has 0 fully saturated rings. The van der Waals surface area contributed by atoms with Gasteiger partial charge in [0.25, 0.3) is 0 Å². The molecule has 0 aliphatic carbocycles. The van der Waals surface area contributed by atoms with Crippen LogP contribution in [-0.4, -0.2) is 9.55 Å². The summed E-state index contributed by atoms with van der Waals surface area (Å²) in [6.07, 6.45) is 3.84. The molecule has 1 aromatic carbocycles. The van der Waals surface area contributed by atoms with E-state index in [1.165, 1.54) is 16.8 Å². The Bertz CT molecular complexity index is 457. The molecule has 0 bridgehead atoms. The molecule has 1 aliphatic heterocycles. The largest absolute Gasteiger partial charge is 0.323 e. The highest BCUT2D eigenvalue weighted by Gasteiger charge is 2.23. The van der Waals surface area contributed by atoms with Crippen molar-refractivity contribution in [2.75, 3.05) is 0 Å². The minimum absolute atomic E-state index is 0.439. The predicted octanol–water partition coefficient (Wildman–Crippen LogP) is 2.47. The van der Waals surface area contributed by atoms with Gasteiger partial charge in [-0.1, -0.05) is 24.3 Å². The third-order valence-electron chi connectivity index (χ3n) is 2.77. The Morgan fingerprint density at radius 3 is 3.08 bits per heavy atom. The standard InChI is InChI=1S/C11H10N2/c1-8-9-4-2-3-5-10(9)11-6-12-7-13(8)11/h2-8H,1H3. The van der Waals surface area contributed by atoms with Gasteiger partial charge in [-0.3, -0.25) is 0 Å². The van der Waals surface area contributed by atoms with Gasteiger partial charge in [-0.05, 0) is 12.5 Å². The smallest absolute Gasteiger partial charge is 0.0956 e. The molecule has 1 atom stereocenters. The normalized spacial score (nSPS) is 18.4. The summed E-state index contributed by atoms with van der Waals surface area (Å²) >= 11 is 0. The summed E-state index contributed by atoms with van der Waals surface area (Å²) < 4.78 is 2.21. The van der Waals surface area contributed by atoms with Crippen molar-refractivity contribution in [1.29, 1.82) is 0 Å². The van der Waals surface area contributed by atoms with E-state index in [2.05, 4.69) is 40.7 Å². The number of fused-ring (bicyclic) bond motifs is 3. The lowest BCUT2D eigenvalue weighted by atomic mass is 10.0. The van der Waals surface area contributed by atoms with E-state index in [1.807, 2.05) is 12.5 Å². The van der Waals surface area contributed by atoms with Crippen molar-refractivity contribution >= 4 is 0 Å². The van der Waals surface area contributed by atoms with Crippen LogP contribution < -0.4 is 0 Å². The average Bonchev–Trinajstić information content (AvgIpc) is 2.72. The summed E-state index contributed by atoms with van der Waals surface area (Å²) in [7, 11) is 0. The molecule has 1 unspecified atom stereocenters. The van der Waals surface area contributed by atoms with E-state index >= 15 is 0 Å². The van der Waals surface area contributed by atoms with Crippen LogP contribution in [0, 0.1) is 0 Å². The quantitative estimate of drug-likeness (QED) is 0.594. The summed E-state index contributed by atoms with van der Waals surface area (Å²) in [5.41, 5.74) is 3.97. The van der Waals surface area contributed by atoms with Crippen LogP contribution >= 0.6 is 0 Å². The lowest BCUT2D eigenvalue weighted by Crippen LogP contribution is -1.98. The highest BCUT2D eigenvalue weighted by Crippen LogP contribution is 2.38. The van der Waals surface area contributed by atoms with E-state index in [-0.39, 0.29) is 0 Å². The zero-order valence-corrected chi connectivity index (χ0v) is 7.44. The van der Waals surface area contributed by atoms with Crippen molar-refractivity contribution in [1.82, 2.24) is 9.55 Å². The zero-order chi connectivity index (χ0) is 8.84. The average molecular weight is 170 g/mol. The second kappa shape index (κ2) is 2.22. The van der Waals surface area contributed by atoms with Gasteiger partial charge >= 0.3 is 0 Å². The first kappa shape index (κ1) is 6.89. The number of rotatable bonds is 0. The van der Waals surface area contributed by atoms with Crippen LogP contribution in [0.4, 0.5) is 0 Å². The third-order valence-corrected chi connectivity index (χ3v) is 2.77. The highest BCUT2D eigenvalue weighted by molar-refractivity contribution is 5.68. The first-order valence-electron chi connectivity index (χ1n) is 4.49. The molecule has 2 nitrogen and oxygen atoms in total. The maximum atomic E-state index is 4.16. The maximum Gasteiger partial charge on any atom is 0.0956 e. The molecular formula is C11H10N2. The van der Waals surface area contributed by atoms with Crippen LogP contribution in [0.3, 0.4) is 0 Å². The minimum Gasteiger partial charge on any atom is -0.323 e. The molecule has 13 heavy (non-hydrogen) atoms. The SMILES string of the molecule is CC1c2ccccc2-c2cncn21. The van der Waals surface area contributed by atoms with Gasteiger partial charge < -0.3 is 4.57 Å². The van der Waals surface area contributed by atoms with Gasteiger partial charge in [0, 0.05) is 5.56 Å². The Labute approximate surface area is 76.9 Å². The van der Waals surface area contributed by atoms with E-state index in [0.29, 0.717) is 6.04 Å². The van der Waals surface area contributed by atoms with Gasteiger partial charge in [0.2, 0.25) is 0 Å². The van der Waals surface area contributed by atoms with Gasteiger partial charge in [-0.2, -0.15) is 0 Å². The van der Waals surface area contributed by atoms with Gasteiger partial charge in [0.15, 0.2) is 0 Å². The topological polar surface area (TPSA) is 17.8 Å². The van der Waals surface area contributed by atoms with Gasteiger partial charge in [0.05, 0.1) is 24.3 Å². The lowest BCUT2D eigenvalue weighted by molar-refractivity contribution is 0.671. The number of imidazole rings is 1. The van der Waals surface area contributed by atoms with Crippen molar-refractivity contribution in [2.45, 2.75) is 13.0 Å². The summed E-state index contributed by atoms with van der Waals surface area (Å²) in [5.74, 6) is 0. The summed E-state index contributed by atoms with van der Waals surface area (Å²) in [4.78, 5) is 4.16. The van der Waals surface area contributed by atoms with Crippen LogP contribution in [0.2, 0.25) is 0 Å². The van der Waals surface area contributed by atoms with Gasteiger partial charge in [-0.15, -0.1) is 0 Å². The molecule has 0 N–H and O–H groups in total. The van der Waals surface area contributed by atoms with Crippen molar-refractivity contribution in [3.05, 3.63) is 42.4 Å². The monoisotopic (exact) mass is 170 g/mol. The number of hydrogen-bond acceptors (Lipinski definition) is 1. The van der Waals surface area contributed by atoms with Crippen molar-refractivity contribution in [3.8, 4) is 11.3 Å². The van der Waals surface area contributed by atoms with Crippen molar-refractivity contribution in [2.24, 2.45) is 0 Å². The highest BCUT2D eigenvalue weighted by atomic mass is 15.1. The fourth-order valence-corrected chi connectivity index (χ4v) is 2.07. The Balaban J connectivity index is 2.37. The van der Waals surface area contributed by atoms with Crippen LogP contribution in [0.15, 0.2) is 36.8 Å². The van der Waals surface area contributed by atoms with E-state index in [4.69, 9.17) is 0 Å². The third kappa shape index (κ3) is 0.750. The predicted molar refractivity (Wildman–Crippen MR) is 51.5 cm³/mol.